The molecule has 0 bridgehead atoms. The third-order valence-corrected chi connectivity index (χ3v) is 4.10. The van der Waals surface area contributed by atoms with Gasteiger partial charge in [0.05, 0.1) is 17.8 Å². The molecule has 0 saturated carbocycles. The van der Waals surface area contributed by atoms with Crippen LogP contribution in [0.5, 0.6) is 0 Å². The lowest BCUT2D eigenvalue weighted by atomic mass is 9.83. The molecule has 6 heteroatoms. The number of rotatable bonds is 3. The van der Waals surface area contributed by atoms with Crippen molar-refractivity contribution in [1.82, 2.24) is 15.1 Å². The molecule has 0 spiro atoms. The van der Waals surface area contributed by atoms with Gasteiger partial charge in [0.15, 0.2) is 0 Å². The maximum Gasteiger partial charge on any atom is 0.263 e. The summed E-state index contributed by atoms with van der Waals surface area (Å²) in [6.07, 6.45) is 3.66. The molecular weight excluding hydrogens is 284 g/mol. The Labute approximate surface area is 128 Å². The Kier molecular flexibility index (Phi) is 4.14. The lowest BCUT2D eigenvalue weighted by Gasteiger charge is -2.30. The van der Waals surface area contributed by atoms with Crippen molar-refractivity contribution in [2.24, 2.45) is 12.5 Å². The first-order valence-corrected chi connectivity index (χ1v) is 7.48. The zero-order valence-electron chi connectivity index (χ0n) is 12.5. The van der Waals surface area contributed by atoms with Crippen molar-refractivity contribution < 1.29 is 4.79 Å². The smallest absolute Gasteiger partial charge is 0.263 e. The van der Waals surface area contributed by atoms with Crippen molar-refractivity contribution in [3.05, 3.63) is 39.8 Å². The topological polar surface area (TPSA) is 70.7 Å². The van der Waals surface area contributed by atoms with Gasteiger partial charge in [0, 0.05) is 18.8 Å². The summed E-state index contributed by atoms with van der Waals surface area (Å²) in [5.74, 6) is -0.217. The van der Waals surface area contributed by atoms with Gasteiger partial charge in [0.25, 0.3) is 5.91 Å². The van der Waals surface area contributed by atoms with Gasteiger partial charge in [-0.15, -0.1) is 11.3 Å². The number of aromatic nitrogens is 2. The molecule has 21 heavy (non-hydrogen) atoms. The van der Waals surface area contributed by atoms with Crippen LogP contribution in [0.2, 0.25) is 0 Å². The van der Waals surface area contributed by atoms with Crippen LogP contribution in [0.25, 0.3) is 0 Å². The van der Waals surface area contributed by atoms with E-state index in [1.54, 1.807) is 22.3 Å². The minimum Gasteiger partial charge on any atom is -0.344 e. The van der Waals surface area contributed by atoms with E-state index in [4.69, 9.17) is 5.26 Å². The van der Waals surface area contributed by atoms with E-state index in [-0.39, 0.29) is 17.4 Å². The molecule has 0 saturated heterocycles. The summed E-state index contributed by atoms with van der Waals surface area (Å²) >= 11 is 1.28. The second-order valence-electron chi connectivity index (χ2n) is 6.00. The first kappa shape index (κ1) is 15.3. The van der Waals surface area contributed by atoms with Gasteiger partial charge in [-0.25, -0.2) is 0 Å². The van der Waals surface area contributed by atoms with Gasteiger partial charge in [-0.05, 0) is 16.9 Å². The zero-order valence-corrected chi connectivity index (χ0v) is 13.4. The largest absolute Gasteiger partial charge is 0.344 e. The van der Waals surface area contributed by atoms with Crippen molar-refractivity contribution >= 4 is 17.2 Å². The van der Waals surface area contributed by atoms with Gasteiger partial charge in [-0.1, -0.05) is 20.8 Å². The van der Waals surface area contributed by atoms with E-state index in [2.05, 4.69) is 31.2 Å². The van der Waals surface area contributed by atoms with E-state index in [1.165, 1.54) is 11.3 Å². The predicted octanol–water partition coefficient (Wildman–Crippen LogP) is 2.87. The van der Waals surface area contributed by atoms with Crippen molar-refractivity contribution in [2.45, 2.75) is 26.8 Å². The number of carbonyl (C=O) groups is 1. The summed E-state index contributed by atoms with van der Waals surface area (Å²) in [7, 11) is 1.85. The Bertz CT molecular complexity index is 687. The zero-order chi connectivity index (χ0) is 15.6. The molecule has 110 valence electrons. The molecule has 2 aromatic heterocycles. The number of thiophene rings is 1. The highest BCUT2D eigenvalue weighted by molar-refractivity contribution is 7.12. The van der Waals surface area contributed by atoms with Crippen molar-refractivity contribution in [1.29, 1.82) is 5.26 Å². The molecular formula is C15H18N4OS. The molecule has 0 radical (unpaired) electrons. The summed E-state index contributed by atoms with van der Waals surface area (Å²) in [5, 5.41) is 18.0. The molecule has 1 amide bonds. The first-order chi connectivity index (χ1) is 9.82. The van der Waals surface area contributed by atoms with Gasteiger partial charge in [0.2, 0.25) is 0 Å². The van der Waals surface area contributed by atoms with Crippen molar-refractivity contribution in [2.75, 3.05) is 0 Å². The summed E-state index contributed by atoms with van der Waals surface area (Å²) in [4.78, 5) is 12.9. The fourth-order valence-corrected chi connectivity index (χ4v) is 2.91. The second-order valence-corrected chi connectivity index (χ2v) is 6.91. The highest BCUT2D eigenvalue weighted by atomic mass is 32.1. The minimum atomic E-state index is -0.217. The van der Waals surface area contributed by atoms with Crippen LogP contribution in [0.3, 0.4) is 0 Å². The maximum atomic E-state index is 12.4. The van der Waals surface area contributed by atoms with Crippen LogP contribution in [0, 0.1) is 16.7 Å². The number of nitrogens with one attached hydrogen (secondary N) is 1. The average molecular weight is 302 g/mol. The highest BCUT2D eigenvalue weighted by Gasteiger charge is 2.30. The third kappa shape index (κ3) is 3.31. The Morgan fingerprint density at radius 1 is 1.52 bits per heavy atom. The fraction of sp³-hybridized carbons (Fsp3) is 0.400. The predicted molar refractivity (Wildman–Crippen MR) is 81.9 cm³/mol. The molecule has 1 atom stereocenters. The van der Waals surface area contributed by atoms with Crippen molar-refractivity contribution in [3.8, 4) is 6.07 Å². The van der Waals surface area contributed by atoms with Gasteiger partial charge in [-0.2, -0.15) is 10.4 Å². The molecule has 5 nitrogen and oxygen atoms in total. The molecule has 2 rings (SSSR count). The number of carbonyl (C=O) groups excluding carboxylic acids is 1. The number of nitrogens with zero attached hydrogens (tertiary/aromatic N) is 3. The highest BCUT2D eigenvalue weighted by Crippen LogP contribution is 2.33. The van der Waals surface area contributed by atoms with Crippen LogP contribution in [0.1, 0.15) is 47.6 Å². The van der Waals surface area contributed by atoms with Gasteiger partial charge >= 0.3 is 0 Å². The summed E-state index contributed by atoms with van der Waals surface area (Å²) in [5.41, 5.74) is 1.20. The van der Waals surface area contributed by atoms with Crippen LogP contribution in [-0.4, -0.2) is 15.7 Å². The molecule has 0 unspecified atom stereocenters. The van der Waals surface area contributed by atoms with Gasteiger partial charge < -0.3 is 5.32 Å². The Morgan fingerprint density at radius 3 is 2.76 bits per heavy atom. The summed E-state index contributed by atoms with van der Waals surface area (Å²) in [6.45, 7) is 6.18. The fourth-order valence-electron chi connectivity index (χ4n) is 2.16. The van der Waals surface area contributed by atoms with E-state index >= 15 is 0 Å². The van der Waals surface area contributed by atoms with Gasteiger partial charge in [-0.3, -0.25) is 9.48 Å². The van der Waals surface area contributed by atoms with Crippen molar-refractivity contribution in [3.63, 3.8) is 0 Å². The Hall–Kier alpha value is -2.13. The number of hydrogen-bond acceptors (Lipinski definition) is 4. The van der Waals surface area contributed by atoms with E-state index in [0.717, 1.165) is 5.56 Å². The monoisotopic (exact) mass is 302 g/mol. The lowest BCUT2D eigenvalue weighted by Crippen LogP contribution is -2.36. The molecule has 0 aliphatic carbocycles. The number of nitriles is 1. The van der Waals surface area contributed by atoms with Crippen LogP contribution in [0.4, 0.5) is 0 Å². The molecule has 0 aromatic carbocycles. The van der Waals surface area contributed by atoms with Crippen LogP contribution < -0.4 is 5.32 Å². The number of amides is 1. The lowest BCUT2D eigenvalue weighted by molar-refractivity contribution is 0.0905. The maximum absolute atomic E-state index is 12.4. The van der Waals surface area contributed by atoms with Crippen LogP contribution in [-0.2, 0) is 7.05 Å². The third-order valence-electron chi connectivity index (χ3n) is 3.19. The summed E-state index contributed by atoms with van der Waals surface area (Å²) in [6, 6.07) is 3.53. The Balaban J connectivity index is 2.28. The van der Waals surface area contributed by atoms with E-state index in [9.17, 15) is 4.79 Å². The molecule has 0 aliphatic rings. The SMILES string of the molecule is Cn1cc([C@@H](NC(=O)c2sccc2C#N)C(C)(C)C)cn1. The number of hydrogen-bond donors (Lipinski definition) is 1. The van der Waals surface area contributed by atoms with Crippen LogP contribution >= 0.6 is 11.3 Å². The van der Waals surface area contributed by atoms with E-state index in [1.807, 2.05) is 19.3 Å². The Morgan fingerprint density at radius 2 is 2.24 bits per heavy atom. The quantitative estimate of drug-likeness (QED) is 0.947. The molecule has 2 heterocycles. The molecule has 0 fully saturated rings. The van der Waals surface area contributed by atoms with E-state index in [0.29, 0.717) is 10.4 Å². The summed E-state index contributed by atoms with van der Waals surface area (Å²) < 4.78 is 1.71. The normalized spacial score (nSPS) is 12.7. The second kappa shape index (κ2) is 5.70. The standard InChI is InChI=1S/C15H18N4OS/c1-15(2,3)13(11-8-17-19(4)9-11)18-14(20)12-10(7-16)5-6-21-12/h5-6,8-9,13H,1-4H3,(H,18,20)/t13-/m1/s1. The van der Waals surface area contributed by atoms with E-state index < -0.39 is 0 Å². The first-order valence-electron chi connectivity index (χ1n) is 6.60. The molecule has 2 aromatic rings. The van der Waals surface area contributed by atoms with Crippen LogP contribution in [0.15, 0.2) is 23.8 Å². The minimum absolute atomic E-state index is 0.164. The molecule has 0 aliphatic heterocycles. The average Bonchev–Trinajstić information content (AvgIpc) is 3.02. The number of aryl methyl sites for hydroxylation is 1. The molecule has 1 N–H and O–H groups in total. The van der Waals surface area contributed by atoms with Gasteiger partial charge in [0.1, 0.15) is 10.9 Å².